The van der Waals surface area contributed by atoms with Crippen LogP contribution in [0.3, 0.4) is 0 Å². The van der Waals surface area contributed by atoms with Crippen LogP contribution in [-0.2, 0) is 4.79 Å². The molecule has 2 aromatic carbocycles. The van der Waals surface area contributed by atoms with Gasteiger partial charge < -0.3 is 10.1 Å². The minimum absolute atomic E-state index is 0.0425. The molecule has 0 atom stereocenters. The molecule has 1 aromatic heterocycles. The molecule has 9 nitrogen and oxygen atoms in total. The number of hydrogen-bond donors (Lipinski definition) is 1. The largest absolute Gasteiger partial charge is 0.490 e. The van der Waals surface area contributed by atoms with E-state index in [-0.39, 0.29) is 35.0 Å². The Morgan fingerprint density at radius 3 is 2.75 bits per heavy atom. The van der Waals surface area contributed by atoms with Gasteiger partial charge in [0.1, 0.15) is 5.82 Å². The lowest BCUT2D eigenvalue weighted by molar-refractivity contribution is -0.385. The van der Waals surface area contributed by atoms with Crippen LogP contribution in [0.4, 0.5) is 15.8 Å². The van der Waals surface area contributed by atoms with Crippen LogP contribution in [0.5, 0.6) is 5.75 Å². The summed E-state index contributed by atoms with van der Waals surface area (Å²) in [4.78, 5) is 23.2. The number of aryl methyl sites for hydroxylation is 1. The zero-order chi connectivity index (χ0) is 22.8. The van der Waals surface area contributed by atoms with E-state index in [1.165, 1.54) is 37.1 Å². The fraction of sp³-hybridized carbons (Fsp3) is 0.286. The number of halogens is 1. The van der Waals surface area contributed by atoms with E-state index in [0.29, 0.717) is 27.8 Å². The summed E-state index contributed by atoms with van der Waals surface area (Å²) in [6.07, 6.45) is 1.89. The van der Waals surface area contributed by atoms with Crippen molar-refractivity contribution in [3.05, 3.63) is 57.9 Å². The van der Waals surface area contributed by atoms with Gasteiger partial charge in [0.25, 0.3) is 0 Å². The molecule has 4 rings (SSSR count). The van der Waals surface area contributed by atoms with E-state index in [1.54, 1.807) is 25.1 Å². The Hall–Kier alpha value is -3.47. The third kappa shape index (κ3) is 4.42. The van der Waals surface area contributed by atoms with E-state index in [0.717, 1.165) is 12.8 Å². The van der Waals surface area contributed by atoms with Gasteiger partial charge in [0.05, 0.1) is 23.3 Å². The number of benzene rings is 2. The van der Waals surface area contributed by atoms with Gasteiger partial charge in [-0.1, -0.05) is 23.9 Å². The minimum Gasteiger partial charge on any atom is -0.490 e. The average molecular weight is 457 g/mol. The maximum absolute atomic E-state index is 14.3. The maximum Gasteiger partial charge on any atom is 0.311 e. The minimum atomic E-state index is -0.537. The molecule has 1 aliphatic carbocycles. The van der Waals surface area contributed by atoms with Crippen molar-refractivity contribution < 1.29 is 18.8 Å². The number of carbonyl (C=O) groups excluding carboxylic acids is 1. The zero-order valence-electron chi connectivity index (χ0n) is 17.4. The van der Waals surface area contributed by atoms with Gasteiger partial charge in [-0.05, 0) is 37.5 Å². The quantitative estimate of drug-likeness (QED) is 0.303. The third-order valence-electron chi connectivity index (χ3n) is 5.02. The predicted molar refractivity (Wildman–Crippen MR) is 117 cm³/mol. The zero-order valence-corrected chi connectivity index (χ0v) is 18.2. The van der Waals surface area contributed by atoms with Crippen LogP contribution in [0.15, 0.2) is 41.6 Å². The lowest BCUT2D eigenvalue weighted by atomic mass is 10.1. The predicted octanol–water partition coefficient (Wildman–Crippen LogP) is 4.38. The van der Waals surface area contributed by atoms with Gasteiger partial charge in [-0.15, -0.1) is 10.2 Å². The van der Waals surface area contributed by atoms with Crippen LogP contribution in [0, 0.1) is 22.9 Å². The van der Waals surface area contributed by atoms with E-state index in [4.69, 9.17) is 4.74 Å². The Morgan fingerprint density at radius 1 is 1.34 bits per heavy atom. The van der Waals surface area contributed by atoms with Crippen molar-refractivity contribution in [2.45, 2.75) is 31.0 Å². The number of aromatic nitrogens is 3. The van der Waals surface area contributed by atoms with Crippen LogP contribution in [0.25, 0.3) is 11.4 Å². The fourth-order valence-electron chi connectivity index (χ4n) is 3.29. The highest BCUT2D eigenvalue weighted by Gasteiger charge is 2.31. The number of ether oxygens (including phenoxy) is 1. The fourth-order valence-corrected chi connectivity index (χ4v) is 4.10. The second-order valence-electron chi connectivity index (χ2n) is 7.32. The van der Waals surface area contributed by atoms with Crippen molar-refractivity contribution in [1.29, 1.82) is 0 Å². The first-order valence-electron chi connectivity index (χ1n) is 9.84. The van der Waals surface area contributed by atoms with Gasteiger partial charge in [0, 0.05) is 23.9 Å². The lowest BCUT2D eigenvalue weighted by Crippen LogP contribution is -2.15. The number of nitrogens with zero attached hydrogens (tertiary/aromatic N) is 4. The summed E-state index contributed by atoms with van der Waals surface area (Å²) >= 11 is 1.20. The number of amides is 1. The molecule has 1 heterocycles. The molecule has 3 aromatic rings. The topological polar surface area (TPSA) is 112 Å². The molecule has 1 amide bonds. The molecule has 1 fully saturated rings. The molecule has 0 spiro atoms. The number of carbonyl (C=O) groups is 1. The summed E-state index contributed by atoms with van der Waals surface area (Å²) in [6.45, 7) is 1.67. The van der Waals surface area contributed by atoms with Crippen LogP contribution in [0.1, 0.15) is 24.4 Å². The second kappa shape index (κ2) is 8.95. The first kappa shape index (κ1) is 21.8. The molecule has 0 aliphatic heterocycles. The monoisotopic (exact) mass is 457 g/mol. The van der Waals surface area contributed by atoms with Gasteiger partial charge in [0.2, 0.25) is 5.91 Å². The van der Waals surface area contributed by atoms with Gasteiger partial charge in [-0.3, -0.25) is 19.5 Å². The van der Waals surface area contributed by atoms with Crippen molar-refractivity contribution in [2.75, 3.05) is 18.2 Å². The Labute approximate surface area is 187 Å². The van der Waals surface area contributed by atoms with Crippen LogP contribution >= 0.6 is 11.8 Å². The molecule has 32 heavy (non-hydrogen) atoms. The number of anilines is 1. The highest BCUT2D eigenvalue weighted by Crippen LogP contribution is 2.41. The van der Waals surface area contributed by atoms with Crippen molar-refractivity contribution in [3.63, 3.8) is 0 Å². The van der Waals surface area contributed by atoms with Crippen molar-refractivity contribution >= 4 is 29.0 Å². The number of rotatable bonds is 8. The number of nitro benzene ring substituents is 1. The highest BCUT2D eigenvalue weighted by atomic mass is 32.2. The number of nitro groups is 1. The summed E-state index contributed by atoms with van der Waals surface area (Å²) in [5.74, 6) is -0.137. The van der Waals surface area contributed by atoms with Crippen LogP contribution in [-0.4, -0.2) is 38.5 Å². The van der Waals surface area contributed by atoms with Gasteiger partial charge in [0.15, 0.2) is 16.7 Å². The molecule has 0 radical (unpaired) electrons. The lowest BCUT2D eigenvalue weighted by Gasteiger charge is -2.11. The maximum atomic E-state index is 14.3. The first-order valence-corrected chi connectivity index (χ1v) is 10.8. The van der Waals surface area contributed by atoms with E-state index in [1.807, 2.05) is 4.57 Å². The molecule has 0 bridgehead atoms. The third-order valence-corrected chi connectivity index (χ3v) is 5.96. The summed E-state index contributed by atoms with van der Waals surface area (Å²) in [5.41, 5.74) is 1.17. The average Bonchev–Trinajstić information content (AvgIpc) is 3.52. The summed E-state index contributed by atoms with van der Waals surface area (Å²) in [6, 6.07) is 9.36. The summed E-state index contributed by atoms with van der Waals surface area (Å²) < 4.78 is 21.2. The standard InChI is InChI=1S/C21H20FN5O4S/c1-12-9-17(27(29)30)18(31-2)10-16(12)23-19(28)11-32-21-25-24-20(26(21)13-7-8-13)14-5-3-4-6-15(14)22/h3-6,9-10,13H,7-8,11H2,1-2H3,(H,23,28). The molecule has 0 saturated heterocycles. The van der Waals surface area contributed by atoms with Crippen LogP contribution in [0.2, 0.25) is 0 Å². The molecule has 166 valence electrons. The van der Waals surface area contributed by atoms with E-state index >= 15 is 0 Å². The molecule has 1 saturated carbocycles. The Balaban J connectivity index is 1.50. The number of methoxy groups -OCH3 is 1. The van der Waals surface area contributed by atoms with Crippen molar-refractivity contribution in [3.8, 4) is 17.1 Å². The molecule has 1 aliphatic rings. The SMILES string of the molecule is COc1cc(NC(=O)CSc2nnc(-c3ccccc3F)n2C2CC2)c(C)cc1[N+](=O)[O-]. The first-order chi connectivity index (χ1) is 15.4. The highest BCUT2D eigenvalue weighted by molar-refractivity contribution is 7.99. The Kier molecular flexibility index (Phi) is 6.08. The van der Waals surface area contributed by atoms with Crippen LogP contribution < -0.4 is 10.1 Å². The second-order valence-corrected chi connectivity index (χ2v) is 8.26. The number of hydrogen-bond acceptors (Lipinski definition) is 7. The molecule has 0 unspecified atom stereocenters. The molecule has 11 heteroatoms. The molecule has 1 N–H and O–H groups in total. The van der Waals surface area contributed by atoms with Gasteiger partial charge in [-0.25, -0.2) is 4.39 Å². The van der Waals surface area contributed by atoms with E-state index in [2.05, 4.69) is 15.5 Å². The van der Waals surface area contributed by atoms with Gasteiger partial charge >= 0.3 is 5.69 Å². The van der Waals surface area contributed by atoms with E-state index < -0.39 is 4.92 Å². The number of thioether (sulfide) groups is 1. The number of nitrogens with one attached hydrogen (secondary N) is 1. The summed E-state index contributed by atoms with van der Waals surface area (Å²) in [5, 5.41) is 22.8. The molecular formula is C21H20FN5O4S. The summed E-state index contributed by atoms with van der Waals surface area (Å²) in [7, 11) is 1.33. The smallest absolute Gasteiger partial charge is 0.311 e. The Bertz CT molecular complexity index is 1190. The van der Waals surface area contributed by atoms with E-state index in [9.17, 15) is 19.3 Å². The normalized spacial score (nSPS) is 13.1. The molecular weight excluding hydrogens is 437 g/mol. The van der Waals surface area contributed by atoms with Crippen molar-refractivity contribution in [2.24, 2.45) is 0 Å². The van der Waals surface area contributed by atoms with Gasteiger partial charge in [-0.2, -0.15) is 0 Å². The van der Waals surface area contributed by atoms with Crippen molar-refractivity contribution in [1.82, 2.24) is 14.8 Å². The Morgan fingerprint density at radius 2 is 2.09 bits per heavy atom.